The largest absolute Gasteiger partial charge is 0.381 e. The van der Waals surface area contributed by atoms with Crippen LogP contribution < -0.4 is 5.73 Å². The molecule has 1 aliphatic rings. The van der Waals surface area contributed by atoms with E-state index in [1.54, 1.807) is 0 Å². The van der Waals surface area contributed by atoms with Crippen LogP contribution in [0.5, 0.6) is 0 Å². The predicted molar refractivity (Wildman–Crippen MR) is 73.9 cm³/mol. The summed E-state index contributed by atoms with van der Waals surface area (Å²) >= 11 is 0. The minimum absolute atomic E-state index is 0.148. The van der Waals surface area contributed by atoms with E-state index in [0.29, 0.717) is 6.61 Å². The van der Waals surface area contributed by atoms with Gasteiger partial charge in [-0.1, -0.05) is 6.92 Å². The molecule has 19 heavy (non-hydrogen) atoms. The summed E-state index contributed by atoms with van der Waals surface area (Å²) in [5.41, 5.74) is 7.28. The maximum absolute atomic E-state index is 6.52. The second-order valence-corrected chi connectivity index (χ2v) is 5.07. The van der Waals surface area contributed by atoms with Crippen molar-refractivity contribution in [1.29, 1.82) is 0 Å². The SMILES string of the molecule is CCCn1nccc1C(N)C1(OCC)CCOCC1. The molecule has 0 amide bonds. The lowest BCUT2D eigenvalue weighted by molar-refractivity contribution is -0.122. The summed E-state index contributed by atoms with van der Waals surface area (Å²) in [5, 5.41) is 4.36. The fourth-order valence-corrected chi connectivity index (χ4v) is 2.82. The maximum atomic E-state index is 6.52. The third kappa shape index (κ3) is 2.99. The molecule has 2 N–H and O–H groups in total. The second kappa shape index (κ2) is 6.50. The number of rotatable bonds is 6. The minimum Gasteiger partial charge on any atom is -0.381 e. The first-order valence-corrected chi connectivity index (χ1v) is 7.22. The highest BCUT2D eigenvalue weighted by molar-refractivity contribution is 5.13. The Balaban J connectivity index is 2.22. The van der Waals surface area contributed by atoms with Crippen molar-refractivity contribution in [2.24, 2.45) is 5.73 Å². The van der Waals surface area contributed by atoms with Crippen LogP contribution in [0.2, 0.25) is 0 Å². The van der Waals surface area contributed by atoms with Crippen molar-refractivity contribution in [2.45, 2.75) is 51.3 Å². The number of hydrogen-bond donors (Lipinski definition) is 1. The molecule has 2 heterocycles. The number of nitrogens with zero attached hydrogens (tertiary/aromatic N) is 2. The van der Waals surface area contributed by atoms with Gasteiger partial charge in [0.05, 0.1) is 17.3 Å². The number of ether oxygens (including phenoxy) is 2. The highest BCUT2D eigenvalue weighted by Crippen LogP contribution is 2.36. The predicted octanol–water partition coefficient (Wildman–Crippen LogP) is 1.88. The fraction of sp³-hybridized carbons (Fsp3) is 0.786. The molecule has 1 unspecified atom stereocenters. The quantitative estimate of drug-likeness (QED) is 0.855. The lowest BCUT2D eigenvalue weighted by Crippen LogP contribution is -2.48. The van der Waals surface area contributed by atoms with E-state index >= 15 is 0 Å². The highest BCUT2D eigenvalue weighted by Gasteiger charge is 2.41. The molecule has 0 spiro atoms. The van der Waals surface area contributed by atoms with Gasteiger partial charge in [0.1, 0.15) is 0 Å². The Bertz CT molecular complexity index is 380. The molecular weight excluding hydrogens is 242 g/mol. The Morgan fingerprint density at radius 2 is 2.21 bits per heavy atom. The maximum Gasteiger partial charge on any atom is 0.0933 e. The van der Waals surface area contributed by atoms with Crippen molar-refractivity contribution >= 4 is 0 Å². The van der Waals surface area contributed by atoms with Crippen LogP contribution in [0.1, 0.15) is 44.8 Å². The standard InChI is InChI=1S/C14H25N3O2/c1-3-9-17-12(5-8-16-17)13(15)14(19-4-2)6-10-18-11-7-14/h5,8,13H,3-4,6-7,9-11,15H2,1-2H3. The van der Waals surface area contributed by atoms with Crippen molar-refractivity contribution in [1.82, 2.24) is 9.78 Å². The first-order chi connectivity index (χ1) is 9.23. The van der Waals surface area contributed by atoms with Gasteiger partial charge in [-0.2, -0.15) is 5.10 Å². The average Bonchev–Trinajstić information content (AvgIpc) is 2.88. The lowest BCUT2D eigenvalue weighted by Gasteiger charge is -2.41. The van der Waals surface area contributed by atoms with Crippen molar-refractivity contribution in [2.75, 3.05) is 19.8 Å². The normalized spacial score (nSPS) is 20.4. The summed E-state index contributed by atoms with van der Waals surface area (Å²) in [7, 11) is 0. The lowest BCUT2D eigenvalue weighted by atomic mass is 9.84. The molecule has 0 aliphatic carbocycles. The van der Waals surface area contributed by atoms with Gasteiger partial charge in [-0.3, -0.25) is 4.68 Å². The Labute approximate surface area is 115 Å². The smallest absolute Gasteiger partial charge is 0.0933 e. The van der Waals surface area contributed by atoms with E-state index in [9.17, 15) is 0 Å². The zero-order valence-electron chi connectivity index (χ0n) is 12.0. The third-order valence-electron chi connectivity index (χ3n) is 3.84. The average molecular weight is 267 g/mol. The molecular formula is C14H25N3O2. The van der Waals surface area contributed by atoms with Gasteiger partial charge in [0.15, 0.2) is 0 Å². The van der Waals surface area contributed by atoms with Gasteiger partial charge in [0.25, 0.3) is 0 Å². The Morgan fingerprint density at radius 3 is 2.84 bits per heavy atom. The summed E-state index contributed by atoms with van der Waals surface area (Å²) in [5.74, 6) is 0. The number of hydrogen-bond acceptors (Lipinski definition) is 4. The molecule has 1 fully saturated rings. The minimum atomic E-state index is -0.307. The van der Waals surface area contributed by atoms with Crippen LogP contribution in [0.3, 0.4) is 0 Å². The van der Waals surface area contributed by atoms with Crippen molar-refractivity contribution in [3.05, 3.63) is 18.0 Å². The zero-order valence-corrected chi connectivity index (χ0v) is 12.0. The summed E-state index contributed by atoms with van der Waals surface area (Å²) in [4.78, 5) is 0. The van der Waals surface area contributed by atoms with E-state index in [-0.39, 0.29) is 11.6 Å². The van der Waals surface area contributed by atoms with Crippen LogP contribution in [0.15, 0.2) is 12.3 Å². The van der Waals surface area contributed by atoms with Gasteiger partial charge >= 0.3 is 0 Å². The van der Waals surface area contributed by atoms with Gasteiger partial charge in [0, 0.05) is 45.4 Å². The molecule has 1 atom stereocenters. The third-order valence-corrected chi connectivity index (χ3v) is 3.84. The monoisotopic (exact) mass is 267 g/mol. The van der Waals surface area contributed by atoms with Crippen molar-refractivity contribution in [3.63, 3.8) is 0 Å². The molecule has 1 aromatic rings. The number of aromatic nitrogens is 2. The summed E-state index contributed by atoms with van der Waals surface area (Å²) in [6.45, 7) is 7.17. The topological polar surface area (TPSA) is 62.3 Å². The van der Waals surface area contributed by atoms with Gasteiger partial charge in [-0.15, -0.1) is 0 Å². The van der Waals surface area contributed by atoms with E-state index in [2.05, 4.69) is 12.0 Å². The first kappa shape index (κ1) is 14.5. The van der Waals surface area contributed by atoms with Gasteiger partial charge < -0.3 is 15.2 Å². The molecule has 5 heteroatoms. The van der Waals surface area contributed by atoms with Crippen LogP contribution in [0.4, 0.5) is 0 Å². The molecule has 0 saturated carbocycles. The first-order valence-electron chi connectivity index (χ1n) is 7.22. The molecule has 108 valence electrons. The summed E-state index contributed by atoms with van der Waals surface area (Å²) in [6.07, 6.45) is 4.56. The van der Waals surface area contributed by atoms with Crippen LogP contribution in [-0.4, -0.2) is 35.2 Å². The van der Waals surface area contributed by atoms with Gasteiger partial charge in [-0.05, 0) is 19.4 Å². The molecule has 1 saturated heterocycles. The summed E-state index contributed by atoms with van der Waals surface area (Å²) < 4.78 is 13.5. The molecule has 0 radical (unpaired) electrons. The van der Waals surface area contributed by atoms with Crippen molar-refractivity contribution in [3.8, 4) is 0 Å². The Kier molecular flexibility index (Phi) is 4.96. The van der Waals surface area contributed by atoms with E-state index < -0.39 is 0 Å². The highest BCUT2D eigenvalue weighted by atomic mass is 16.5. The molecule has 5 nitrogen and oxygen atoms in total. The van der Waals surface area contributed by atoms with Crippen LogP contribution >= 0.6 is 0 Å². The molecule has 0 aromatic carbocycles. The van der Waals surface area contributed by atoms with E-state index in [4.69, 9.17) is 15.2 Å². The second-order valence-electron chi connectivity index (χ2n) is 5.07. The van der Waals surface area contributed by atoms with Crippen LogP contribution in [0, 0.1) is 0 Å². The fourth-order valence-electron chi connectivity index (χ4n) is 2.82. The molecule has 1 aromatic heterocycles. The molecule has 1 aliphatic heterocycles. The van der Waals surface area contributed by atoms with Crippen LogP contribution in [0.25, 0.3) is 0 Å². The van der Waals surface area contributed by atoms with E-state index in [1.165, 1.54) is 0 Å². The molecule has 2 rings (SSSR count). The zero-order chi connectivity index (χ0) is 13.7. The van der Waals surface area contributed by atoms with Crippen LogP contribution in [-0.2, 0) is 16.0 Å². The van der Waals surface area contributed by atoms with Gasteiger partial charge in [-0.25, -0.2) is 0 Å². The number of nitrogens with two attached hydrogens (primary N) is 1. The number of aryl methyl sites for hydroxylation is 1. The van der Waals surface area contributed by atoms with Crippen molar-refractivity contribution < 1.29 is 9.47 Å². The van der Waals surface area contributed by atoms with Gasteiger partial charge in [0.2, 0.25) is 0 Å². The Hall–Kier alpha value is -0.910. The Morgan fingerprint density at radius 1 is 1.47 bits per heavy atom. The summed E-state index contributed by atoms with van der Waals surface area (Å²) in [6, 6.07) is 1.86. The van der Waals surface area contributed by atoms with E-state index in [0.717, 1.165) is 44.7 Å². The van der Waals surface area contributed by atoms with E-state index in [1.807, 2.05) is 23.9 Å². The molecule has 0 bridgehead atoms.